The first-order valence-corrected chi connectivity index (χ1v) is 4.66. The lowest BCUT2D eigenvalue weighted by molar-refractivity contribution is 1.04. The molecule has 3 nitrogen and oxygen atoms in total. The largest absolute Gasteiger partial charge is 0.375 e. The van der Waals surface area contributed by atoms with Gasteiger partial charge in [0.1, 0.15) is 0 Å². The van der Waals surface area contributed by atoms with Gasteiger partial charge in [0.05, 0.1) is 6.21 Å². The van der Waals surface area contributed by atoms with Gasteiger partial charge in [-0.1, -0.05) is 23.8 Å². The van der Waals surface area contributed by atoms with Crippen molar-refractivity contribution in [3.05, 3.63) is 34.9 Å². The van der Waals surface area contributed by atoms with Crippen LogP contribution in [0.5, 0.6) is 0 Å². The molecule has 4 heteroatoms. The third kappa shape index (κ3) is 3.14. The van der Waals surface area contributed by atoms with Crippen molar-refractivity contribution < 1.29 is 0 Å². The molecular weight excluding hydrogens is 194 g/mol. The topological polar surface area (TPSA) is 50.4 Å². The molecule has 0 saturated heterocycles. The van der Waals surface area contributed by atoms with Gasteiger partial charge in [-0.2, -0.15) is 5.10 Å². The number of nitrogens with zero attached hydrogens (tertiary/aromatic N) is 1. The summed E-state index contributed by atoms with van der Waals surface area (Å²) in [5, 5.41) is 4.06. The summed E-state index contributed by atoms with van der Waals surface area (Å²) in [6.45, 7) is 4.09. The minimum absolute atomic E-state index is 0.172. The lowest BCUT2D eigenvalue weighted by atomic mass is 10.1. The van der Waals surface area contributed by atoms with Crippen molar-refractivity contribution in [1.82, 2.24) is 5.43 Å². The molecule has 0 aliphatic carbocycles. The number of rotatable bonds is 2. The number of hydrazone groups is 1. The van der Waals surface area contributed by atoms with E-state index in [1.165, 1.54) is 11.1 Å². The van der Waals surface area contributed by atoms with Crippen LogP contribution in [0.15, 0.2) is 23.3 Å². The standard InChI is InChI=1S/C10H13N3S/c1-7-3-4-9(8(2)5-7)6-12-13-10(11)14/h3-6H,1-2H3,(H3,11,13,14)/b12-6-. The van der Waals surface area contributed by atoms with Crippen LogP contribution in [0.25, 0.3) is 0 Å². The number of thiocarbonyl (C=S) groups is 1. The second-order valence-electron chi connectivity index (χ2n) is 3.09. The Labute approximate surface area is 89.0 Å². The van der Waals surface area contributed by atoms with Crippen LogP contribution < -0.4 is 11.2 Å². The number of hydrogen-bond acceptors (Lipinski definition) is 2. The first-order chi connectivity index (χ1) is 6.59. The maximum absolute atomic E-state index is 5.23. The molecule has 0 saturated carbocycles. The summed E-state index contributed by atoms with van der Waals surface area (Å²) in [6, 6.07) is 6.15. The van der Waals surface area contributed by atoms with Gasteiger partial charge < -0.3 is 5.73 Å². The van der Waals surface area contributed by atoms with Crippen molar-refractivity contribution in [3.8, 4) is 0 Å². The van der Waals surface area contributed by atoms with Gasteiger partial charge in [0.2, 0.25) is 0 Å². The monoisotopic (exact) mass is 207 g/mol. The molecule has 14 heavy (non-hydrogen) atoms. The Balaban J connectivity index is 2.76. The van der Waals surface area contributed by atoms with E-state index in [-0.39, 0.29) is 5.11 Å². The molecule has 0 unspecified atom stereocenters. The number of nitrogens with two attached hydrogens (primary N) is 1. The summed E-state index contributed by atoms with van der Waals surface area (Å²) in [5.41, 5.74) is 11.2. The zero-order valence-corrected chi connectivity index (χ0v) is 9.06. The summed E-state index contributed by atoms with van der Waals surface area (Å²) in [5.74, 6) is 0. The lowest BCUT2D eigenvalue weighted by Gasteiger charge is -2.01. The smallest absolute Gasteiger partial charge is 0.184 e. The number of benzene rings is 1. The molecule has 0 heterocycles. The van der Waals surface area contributed by atoms with Crippen molar-refractivity contribution in [2.45, 2.75) is 13.8 Å². The van der Waals surface area contributed by atoms with Gasteiger partial charge in [-0.25, -0.2) is 0 Å². The Morgan fingerprint density at radius 1 is 1.50 bits per heavy atom. The molecule has 0 radical (unpaired) electrons. The van der Waals surface area contributed by atoms with Gasteiger partial charge in [0.25, 0.3) is 0 Å². The molecule has 0 fully saturated rings. The van der Waals surface area contributed by atoms with E-state index in [4.69, 9.17) is 5.73 Å². The number of nitrogens with one attached hydrogen (secondary N) is 1. The minimum atomic E-state index is 0.172. The van der Waals surface area contributed by atoms with E-state index in [9.17, 15) is 0 Å². The van der Waals surface area contributed by atoms with Crippen LogP contribution in [-0.2, 0) is 0 Å². The molecule has 0 spiro atoms. The summed E-state index contributed by atoms with van der Waals surface area (Å²) >= 11 is 4.62. The summed E-state index contributed by atoms with van der Waals surface area (Å²) in [6.07, 6.45) is 1.70. The Bertz CT molecular complexity index is 372. The molecule has 0 aliphatic heterocycles. The first kappa shape index (κ1) is 10.7. The van der Waals surface area contributed by atoms with Gasteiger partial charge in [-0.05, 0) is 37.2 Å². The van der Waals surface area contributed by atoms with Crippen molar-refractivity contribution in [2.24, 2.45) is 10.8 Å². The van der Waals surface area contributed by atoms with E-state index in [1.807, 2.05) is 19.1 Å². The number of aryl methyl sites for hydroxylation is 2. The maximum Gasteiger partial charge on any atom is 0.184 e. The molecule has 1 aromatic rings. The molecule has 3 N–H and O–H groups in total. The van der Waals surface area contributed by atoms with E-state index in [0.29, 0.717) is 0 Å². The van der Waals surface area contributed by atoms with Gasteiger partial charge in [-0.3, -0.25) is 5.43 Å². The molecule has 0 amide bonds. The SMILES string of the molecule is Cc1ccc(/C=N\NC(N)=S)c(C)c1. The van der Waals surface area contributed by atoms with E-state index >= 15 is 0 Å². The van der Waals surface area contributed by atoms with E-state index in [0.717, 1.165) is 5.56 Å². The molecule has 1 rings (SSSR count). The molecule has 0 atom stereocenters. The lowest BCUT2D eigenvalue weighted by Crippen LogP contribution is -2.24. The number of hydrogen-bond donors (Lipinski definition) is 2. The molecule has 1 aromatic carbocycles. The average Bonchev–Trinajstić information content (AvgIpc) is 2.08. The Kier molecular flexibility index (Phi) is 3.59. The fourth-order valence-electron chi connectivity index (χ4n) is 1.14. The summed E-state index contributed by atoms with van der Waals surface area (Å²) in [4.78, 5) is 0. The second-order valence-corrected chi connectivity index (χ2v) is 3.53. The summed E-state index contributed by atoms with van der Waals surface area (Å²) < 4.78 is 0. The molecule has 0 aliphatic rings. The predicted octanol–water partition coefficient (Wildman–Crippen LogP) is 1.47. The van der Waals surface area contributed by atoms with Crippen molar-refractivity contribution in [1.29, 1.82) is 0 Å². The van der Waals surface area contributed by atoms with Crippen molar-refractivity contribution in [2.75, 3.05) is 0 Å². The third-order valence-electron chi connectivity index (χ3n) is 1.80. The van der Waals surface area contributed by atoms with Crippen molar-refractivity contribution >= 4 is 23.5 Å². The molecule has 0 bridgehead atoms. The highest BCUT2D eigenvalue weighted by molar-refractivity contribution is 7.80. The quantitative estimate of drug-likeness (QED) is 0.438. The highest BCUT2D eigenvalue weighted by Gasteiger charge is 1.94. The highest BCUT2D eigenvalue weighted by atomic mass is 32.1. The predicted molar refractivity (Wildman–Crippen MR) is 63.4 cm³/mol. The van der Waals surface area contributed by atoms with Crippen molar-refractivity contribution in [3.63, 3.8) is 0 Å². The third-order valence-corrected chi connectivity index (χ3v) is 1.89. The van der Waals surface area contributed by atoms with E-state index < -0.39 is 0 Å². The zero-order valence-electron chi connectivity index (χ0n) is 8.24. The van der Waals surface area contributed by atoms with Crippen LogP contribution in [0, 0.1) is 13.8 Å². The average molecular weight is 207 g/mol. The highest BCUT2D eigenvalue weighted by Crippen LogP contribution is 2.07. The van der Waals surface area contributed by atoms with Gasteiger partial charge in [0.15, 0.2) is 5.11 Å². The fourth-order valence-corrected chi connectivity index (χ4v) is 1.19. The van der Waals surface area contributed by atoms with Gasteiger partial charge in [0, 0.05) is 0 Å². The second kappa shape index (κ2) is 4.72. The normalized spacial score (nSPS) is 10.4. The van der Waals surface area contributed by atoms with Gasteiger partial charge in [-0.15, -0.1) is 0 Å². The summed E-state index contributed by atoms with van der Waals surface area (Å²) in [7, 11) is 0. The first-order valence-electron chi connectivity index (χ1n) is 4.25. The van der Waals surface area contributed by atoms with Crippen LogP contribution in [-0.4, -0.2) is 11.3 Å². The van der Waals surface area contributed by atoms with E-state index in [1.54, 1.807) is 6.21 Å². The fraction of sp³-hybridized carbons (Fsp3) is 0.200. The minimum Gasteiger partial charge on any atom is -0.375 e. The van der Waals surface area contributed by atoms with Crippen LogP contribution in [0.1, 0.15) is 16.7 Å². The molecular formula is C10H13N3S. The van der Waals surface area contributed by atoms with Gasteiger partial charge >= 0.3 is 0 Å². The van der Waals surface area contributed by atoms with E-state index in [2.05, 4.69) is 35.7 Å². The molecule has 74 valence electrons. The molecule has 0 aromatic heterocycles. The Hall–Kier alpha value is -1.42. The maximum atomic E-state index is 5.23. The Morgan fingerprint density at radius 2 is 2.21 bits per heavy atom. The van der Waals surface area contributed by atoms with Crippen LogP contribution in [0.3, 0.4) is 0 Å². The van der Waals surface area contributed by atoms with Crippen LogP contribution in [0.2, 0.25) is 0 Å². The van der Waals surface area contributed by atoms with Crippen LogP contribution in [0.4, 0.5) is 0 Å². The Morgan fingerprint density at radius 3 is 2.79 bits per heavy atom. The zero-order chi connectivity index (χ0) is 10.6. The van der Waals surface area contributed by atoms with Crippen LogP contribution >= 0.6 is 12.2 Å².